The zero-order valence-corrected chi connectivity index (χ0v) is 8.75. The third-order valence-corrected chi connectivity index (χ3v) is 2.96. The maximum atomic E-state index is 11.6. The molecule has 1 aromatic heterocycles. The number of carboxylic acid groups (broad SMARTS) is 1. The molecule has 1 aliphatic rings. The van der Waals surface area contributed by atoms with Crippen molar-refractivity contribution in [1.82, 2.24) is 0 Å². The van der Waals surface area contributed by atoms with Crippen molar-refractivity contribution in [1.29, 1.82) is 0 Å². The monoisotopic (exact) mass is 227 g/mol. The molecular formula is C10H10ClNO3. The van der Waals surface area contributed by atoms with Crippen LogP contribution in [0.15, 0.2) is 6.07 Å². The van der Waals surface area contributed by atoms with Gasteiger partial charge in [0.25, 0.3) is 5.15 Å². The van der Waals surface area contributed by atoms with Crippen LogP contribution in [0.5, 0.6) is 0 Å². The van der Waals surface area contributed by atoms with Gasteiger partial charge in [-0.25, -0.2) is 4.79 Å². The lowest BCUT2D eigenvalue weighted by Gasteiger charge is -2.17. The van der Waals surface area contributed by atoms with Gasteiger partial charge in [0.05, 0.1) is 5.56 Å². The summed E-state index contributed by atoms with van der Waals surface area (Å²) in [7, 11) is 0. The van der Waals surface area contributed by atoms with Crippen molar-refractivity contribution >= 4 is 17.6 Å². The Morgan fingerprint density at radius 3 is 2.80 bits per heavy atom. The Balaban J connectivity index is 2.67. The van der Waals surface area contributed by atoms with Gasteiger partial charge in [-0.15, -0.1) is 0 Å². The molecule has 0 bridgehead atoms. The maximum Gasteiger partial charge on any atom is 0.336 e. The summed E-state index contributed by atoms with van der Waals surface area (Å²) in [6.07, 6.45) is 3.10. The number of fused-ring (bicyclic) bond motifs is 1. The molecule has 0 radical (unpaired) electrons. The van der Waals surface area contributed by atoms with Crippen molar-refractivity contribution in [2.75, 3.05) is 0 Å². The van der Waals surface area contributed by atoms with E-state index in [1.54, 1.807) is 0 Å². The first kappa shape index (κ1) is 10.2. The number of aromatic carboxylic acids is 1. The average molecular weight is 228 g/mol. The third-order valence-electron chi connectivity index (χ3n) is 2.70. The minimum Gasteiger partial charge on any atom is -0.617 e. The number of halogens is 1. The Hall–Kier alpha value is -1.29. The van der Waals surface area contributed by atoms with Crippen LogP contribution in [-0.4, -0.2) is 11.1 Å². The molecule has 4 nitrogen and oxygen atoms in total. The summed E-state index contributed by atoms with van der Waals surface area (Å²) in [6.45, 7) is 0. The van der Waals surface area contributed by atoms with Crippen LogP contribution in [0.4, 0.5) is 0 Å². The van der Waals surface area contributed by atoms with E-state index in [1.165, 1.54) is 6.07 Å². The highest BCUT2D eigenvalue weighted by molar-refractivity contribution is 6.28. The maximum absolute atomic E-state index is 11.6. The molecule has 0 amide bonds. The Morgan fingerprint density at radius 2 is 2.13 bits per heavy atom. The minimum absolute atomic E-state index is 0.0620. The van der Waals surface area contributed by atoms with Gasteiger partial charge in [0, 0.05) is 18.1 Å². The van der Waals surface area contributed by atoms with E-state index in [4.69, 9.17) is 16.7 Å². The van der Waals surface area contributed by atoms with Crippen LogP contribution >= 0.6 is 11.6 Å². The van der Waals surface area contributed by atoms with E-state index in [0.29, 0.717) is 28.8 Å². The van der Waals surface area contributed by atoms with Gasteiger partial charge in [-0.3, -0.25) is 0 Å². The Kier molecular flexibility index (Phi) is 2.52. The summed E-state index contributed by atoms with van der Waals surface area (Å²) in [4.78, 5) is 11.0. The van der Waals surface area contributed by atoms with E-state index in [0.717, 1.165) is 12.8 Å². The number of hydrogen-bond donors (Lipinski definition) is 1. The van der Waals surface area contributed by atoms with Gasteiger partial charge in [0.2, 0.25) is 0 Å². The first-order valence-corrected chi connectivity index (χ1v) is 5.16. The van der Waals surface area contributed by atoms with Gasteiger partial charge >= 0.3 is 5.97 Å². The Bertz CT molecular complexity index is 431. The molecular weight excluding hydrogens is 218 g/mol. The number of hydrogen-bond acceptors (Lipinski definition) is 2. The summed E-state index contributed by atoms with van der Waals surface area (Å²) < 4.78 is 0.641. The largest absolute Gasteiger partial charge is 0.617 e. The van der Waals surface area contributed by atoms with Gasteiger partial charge in [-0.1, -0.05) is 0 Å². The standard InChI is InChI=1S/C10H10ClNO3/c11-9-5-7(10(13)14)6-3-1-2-4-8(6)12(9)15/h5H,1-4H2,(H,13,14). The average Bonchev–Trinajstić information content (AvgIpc) is 2.23. The van der Waals surface area contributed by atoms with Crippen LogP contribution in [0.1, 0.15) is 34.5 Å². The molecule has 0 aromatic carbocycles. The number of carbonyl (C=O) groups is 1. The highest BCUT2D eigenvalue weighted by Crippen LogP contribution is 2.24. The second-order valence-electron chi connectivity index (χ2n) is 3.61. The quantitative estimate of drug-likeness (QED) is 0.450. The van der Waals surface area contributed by atoms with E-state index in [1.807, 2.05) is 0 Å². The number of pyridine rings is 1. The molecule has 1 heterocycles. The Labute approximate surface area is 91.7 Å². The van der Waals surface area contributed by atoms with Crippen molar-refractivity contribution in [2.24, 2.45) is 0 Å². The zero-order chi connectivity index (χ0) is 11.0. The fourth-order valence-electron chi connectivity index (χ4n) is 1.99. The number of aromatic nitrogens is 1. The van der Waals surface area contributed by atoms with Crippen molar-refractivity contribution in [2.45, 2.75) is 25.7 Å². The van der Waals surface area contributed by atoms with Crippen molar-refractivity contribution in [3.8, 4) is 0 Å². The predicted molar refractivity (Wildman–Crippen MR) is 54.0 cm³/mol. The predicted octanol–water partition coefficient (Wildman–Crippen LogP) is 1.55. The van der Waals surface area contributed by atoms with Crippen LogP contribution in [0, 0.1) is 5.21 Å². The van der Waals surface area contributed by atoms with Gasteiger partial charge in [-0.05, 0) is 30.9 Å². The Morgan fingerprint density at radius 1 is 1.47 bits per heavy atom. The lowest BCUT2D eigenvalue weighted by Crippen LogP contribution is -2.37. The minimum atomic E-state index is -1.02. The summed E-state index contributed by atoms with van der Waals surface area (Å²) in [5, 5.41) is 20.5. The molecule has 80 valence electrons. The van der Waals surface area contributed by atoms with Crippen molar-refractivity contribution in [3.63, 3.8) is 0 Å². The molecule has 0 atom stereocenters. The molecule has 2 rings (SSSR count). The summed E-state index contributed by atoms with van der Waals surface area (Å²) in [5.74, 6) is -1.02. The van der Waals surface area contributed by atoms with E-state index in [2.05, 4.69) is 0 Å². The SMILES string of the molecule is O=C(O)c1cc(Cl)[n+]([O-])c2c1CCCC2. The summed E-state index contributed by atoms with van der Waals surface area (Å²) in [5.41, 5.74) is 1.33. The van der Waals surface area contributed by atoms with E-state index in [9.17, 15) is 10.0 Å². The second-order valence-corrected chi connectivity index (χ2v) is 4.00. The fourth-order valence-corrected chi connectivity index (χ4v) is 2.20. The number of carboxylic acids is 1. The van der Waals surface area contributed by atoms with Crippen LogP contribution in [0.2, 0.25) is 5.15 Å². The number of nitrogens with zero attached hydrogens (tertiary/aromatic N) is 1. The molecule has 1 aliphatic carbocycles. The van der Waals surface area contributed by atoms with E-state index < -0.39 is 5.97 Å². The molecule has 0 spiro atoms. The molecule has 0 aliphatic heterocycles. The highest BCUT2D eigenvalue weighted by Gasteiger charge is 2.26. The lowest BCUT2D eigenvalue weighted by molar-refractivity contribution is -0.612. The first-order valence-electron chi connectivity index (χ1n) is 4.78. The lowest BCUT2D eigenvalue weighted by atomic mass is 9.92. The van der Waals surface area contributed by atoms with Crippen LogP contribution in [0.3, 0.4) is 0 Å². The van der Waals surface area contributed by atoms with E-state index >= 15 is 0 Å². The van der Waals surface area contributed by atoms with Gasteiger partial charge < -0.3 is 10.3 Å². The molecule has 0 unspecified atom stereocenters. The molecule has 1 aromatic rings. The van der Waals surface area contributed by atoms with Crippen LogP contribution in [-0.2, 0) is 12.8 Å². The smallest absolute Gasteiger partial charge is 0.336 e. The molecule has 15 heavy (non-hydrogen) atoms. The van der Waals surface area contributed by atoms with E-state index in [-0.39, 0.29) is 10.7 Å². The summed E-state index contributed by atoms with van der Waals surface area (Å²) >= 11 is 5.68. The second kappa shape index (κ2) is 3.70. The van der Waals surface area contributed by atoms with Gasteiger partial charge in [-0.2, -0.15) is 4.73 Å². The van der Waals surface area contributed by atoms with Gasteiger partial charge in [0.1, 0.15) is 0 Å². The highest BCUT2D eigenvalue weighted by atomic mass is 35.5. The summed E-state index contributed by atoms with van der Waals surface area (Å²) in [6, 6.07) is 1.24. The normalized spacial score (nSPS) is 14.7. The fraction of sp³-hybridized carbons (Fsp3) is 0.400. The molecule has 0 fully saturated rings. The topological polar surface area (TPSA) is 64.2 Å². The molecule has 0 saturated heterocycles. The third kappa shape index (κ3) is 1.65. The molecule has 5 heteroatoms. The van der Waals surface area contributed by atoms with Crippen molar-refractivity contribution < 1.29 is 14.6 Å². The number of rotatable bonds is 1. The van der Waals surface area contributed by atoms with Gasteiger partial charge in [0.15, 0.2) is 5.69 Å². The van der Waals surface area contributed by atoms with Crippen molar-refractivity contribution in [3.05, 3.63) is 33.2 Å². The van der Waals surface area contributed by atoms with Crippen LogP contribution < -0.4 is 4.73 Å². The van der Waals surface area contributed by atoms with Crippen LogP contribution in [0.25, 0.3) is 0 Å². The zero-order valence-electron chi connectivity index (χ0n) is 7.99. The first-order chi connectivity index (χ1) is 7.11. The molecule has 1 N–H and O–H groups in total. The molecule has 0 saturated carbocycles.